The molecule has 1 aliphatic rings. The largest absolute Gasteiger partial charge is 0.344 e. The lowest BCUT2D eigenvalue weighted by Gasteiger charge is -2.26. The molecule has 1 saturated heterocycles. The number of nitrogens with zero attached hydrogens (tertiary/aromatic N) is 1. The molecule has 1 atom stereocenters. The van der Waals surface area contributed by atoms with Crippen LogP contribution in [0.25, 0.3) is 0 Å². The summed E-state index contributed by atoms with van der Waals surface area (Å²) in [6.07, 6.45) is 3.47. The Hall–Kier alpha value is -0.530. The smallest absolute Gasteiger partial charge is 0.209 e. The lowest BCUT2D eigenvalue weighted by atomic mass is 9.87. The predicted octanol–water partition coefficient (Wildman–Crippen LogP) is 1.90. The minimum absolute atomic E-state index is 0.311. The summed E-state index contributed by atoms with van der Waals surface area (Å²) in [5.74, 6) is 0.664. The number of amides is 1. The van der Waals surface area contributed by atoms with E-state index in [1.54, 1.807) is 0 Å². The summed E-state index contributed by atoms with van der Waals surface area (Å²) in [7, 11) is 0. The van der Waals surface area contributed by atoms with E-state index >= 15 is 0 Å². The molecule has 1 amide bonds. The third-order valence-corrected chi connectivity index (χ3v) is 2.64. The number of rotatable bonds is 1. The van der Waals surface area contributed by atoms with Crippen molar-refractivity contribution in [1.82, 2.24) is 4.90 Å². The Bertz CT molecular complexity index is 165. The molecule has 0 aliphatic carbocycles. The average Bonchev–Trinajstić information content (AvgIpc) is 2.10. The van der Waals surface area contributed by atoms with Crippen LogP contribution >= 0.6 is 0 Å². The van der Waals surface area contributed by atoms with E-state index in [1.165, 1.54) is 12.8 Å². The number of hydrogen-bond acceptors (Lipinski definition) is 1. The van der Waals surface area contributed by atoms with Gasteiger partial charge in [-0.2, -0.15) is 0 Å². The summed E-state index contributed by atoms with van der Waals surface area (Å²) >= 11 is 0. The summed E-state index contributed by atoms with van der Waals surface area (Å²) in [6.45, 7) is 8.55. The van der Waals surface area contributed by atoms with Crippen molar-refractivity contribution in [2.75, 3.05) is 13.1 Å². The maximum absolute atomic E-state index is 10.7. The highest BCUT2D eigenvalue weighted by Crippen LogP contribution is 2.29. The van der Waals surface area contributed by atoms with E-state index in [-0.39, 0.29) is 0 Å². The van der Waals surface area contributed by atoms with E-state index in [0.29, 0.717) is 11.3 Å². The van der Waals surface area contributed by atoms with E-state index in [2.05, 4.69) is 20.8 Å². The minimum Gasteiger partial charge on any atom is -0.344 e. The van der Waals surface area contributed by atoms with Gasteiger partial charge in [0.05, 0.1) is 0 Å². The monoisotopic (exact) mass is 169 g/mol. The molecule has 1 heterocycles. The van der Waals surface area contributed by atoms with Crippen LogP contribution in [-0.2, 0) is 4.79 Å². The third kappa shape index (κ3) is 2.50. The predicted molar refractivity (Wildman–Crippen MR) is 49.8 cm³/mol. The second kappa shape index (κ2) is 3.46. The molecule has 0 spiro atoms. The van der Waals surface area contributed by atoms with Crippen LogP contribution < -0.4 is 0 Å². The lowest BCUT2D eigenvalue weighted by Crippen LogP contribution is -2.32. The van der Waals surface area contributed by atoms with Gasteiger partial charge in [0.15, 0.2) is 0 Å². The Labute approximate surface area is 74.9 Å². The molecule has 0 N–H and O–H groups in total. The highest BCUT2D eigenvalue weighted by molar-refractivity contribution is 5.47. The Kier molecular flexibility index (Phi) is 2.76. The first-order valence-corrected chi connectivity index (χ1v) is 4.73. The second-order valence-corrected chi connectivity index (χ2v) is 4.84. The van der Waals surface area contributed by atoms with Gasteiger partial charge < -0.3 is 4.90 Å². The molecule has 1 fully saturated rings. The Morgan fingerprint density at radius 2 is 2.17 bits per heavy atom. The SMILES string of the molecule is CC1CCC(C)(C)CN(C=O)C1. The van der Waals surface area contributed by atoms with Gasteiger partial charge in [-0.05, 0) is 24.2 Å². The van der Waals surface area contributed by atoms with E-state index in [9.17, 15) is 4.79 Å². The highest BCUT2D eigenvalue weighted by atomic mass is 16.1. The number of likely N-dealkylation sites (tertiary alicyclic amines) is 1. The van der Waals surface area contributed by atoms with Gasteiger partial charge in [-0.25, -0.2) is 0 Å². The van der Waals surface area contributed by atoms with Gasteiger partial charge in [-0.3, -0.25) is 4.79 Å². The zero-order chi connectivity index (χ0) is 9.19. The van der Waals surface area contributed by atoms with Crippen LogP contribution in [0.4, 0.5) is 0 Å². The molecule has 2 heteroatoms. The highest BCUT2D eigenvalue weighted by Gasteiger charge is 2.26. The normalized spacial score (nSPS) is 29.6. The van der Waals surface area contributed by atoms with Crippen LogP contribution in [-0.4, -0.2) is 24.4 Å². The molecule has 1 unspecified atom stereocenters. The molecule has 70 valence electrons. The van der Waals surface area contributed by atoms with E-state index in [0.717, 1.165) is 19.5 Å². The van der Waals surface area contributed by atoms with Crippen molar-refractivity contribution in [1.29, 1.82) is 0 Å². The fourth-order valence-corrected chi connectivity index (χ4v) is 1.90. The van der Waals surface area contributed by atoms with Gasteiger partial charge >= 0.3 is 0 Å². The van der Waals surface area contributed by atoms with Gasteiger partial charge in [0.1, 0.15) is 0 Å². The van der Waals surface area contributed by atoms with Crippen molar-refractivity contribution in [2.24, 2.45) is 11.3 Å². The van der Waals surface area contributed by atoms with Crippen LogP contribution in [0.1, 0.15) is 33.6 Å². The number of carbonyl (C=O) groups excluding carboxylic acids is 1. The zero-order valence-corrected chi connectivity index (χ0v) is 8.34. The Morgan fingerprint density at radius 3 is 2.75 bits per heavy atom. The Morgan fingerprint density at radius 1 is 1.50 bits per heavy atom. The third-order valence-electron chi connectivity index (χ3n) is 2.64. The molecule has 0 bridgehead atoms. The van der Waals surface area contributed by atoms with Crippen molar-refractivity contribution in [3.63, 3.8) is 0 Å². The van der Waals surface area contributed by atoms with E-state index in [4.69, 9.17) is 0 Å². The summed E-state index contributed by atoms with van der Waals surface area (Å²) in [6, 6.07) is 0. The zero-order valence-electron chi connectivity index (χ0n) is 8.34. The van der Waals surface area contributed by atoms with Crippen LogP contribution in [0.15, 0.2) is 0 Å². The molecule has 0 radical (unpaired) electrons. The van der Waals surface area contributed by atoms with Crippen molar-refractivity contribution in [3.05, 3.63) is 0 Å². The standard InChI is InChI=1S/C10H19NO/c1-9-4-5-10(2,3)7-11(6-9)8-12/h8-9H,4-7H2,1-3H3. The van der Waals surface area contributed by atoms with Crippen molar-refractivity contribution in [2.45, 2.75) is 33.6 Å². The summed E-state index contributed by atoms with van der Waals surface area (Å²) < 4.78 is 0. The molecule has 1 rings (SSSR count). The topological polar surface area (TPSA) is 20.3 Å². The van der Waals surface area contributed by atoms with Gasteiger partial charge in [0, 0.05) is 13.1 Å². The van der Waals surface area contributed by atoms with Gasteiger partial charge in [-0.15, -0.1) is 0 Å². The summed E-state index contributed by atoms with van der Waals surface area (Å²) in [4.78, 5) is 12.6. The van der Waals surface area contributed by atoms with Gasteiger partial charge in [0.25, 0.3) is 0 Å². The second-order valence-electron chi connectivity index (χ2n) is 4.84. The van der Waals surface area contributed by atoms with Crippen molar-refractivity contribution >= 4 is 6.41 Å². The van der Waals surface area contributed by atoms with Crippen molar-refractivity contribution in [3.8, 4) is 0 Å². The maximum Gasteiger partial charge on any atom is 0.209 e. The van der Waals surface area contributed by atoms with Crippen molar-refractivity contribution < 1.29 is 4.79 Å². The first kappa shape index (κ1) is 9.56. The van der Waals surface area contributed by atoms with Gasteiger partial charge in [0.2, 0.25) is 6.41 Å². The molecular weight excluding hydrogens is 150 g/mol. The maximum atomic E-state index is 10.7. The molecule has 2 nitrogen and oxygen atoms in total. The quantitative estimate of drug-likeness (QED) is 0.549. The molecule has 1 aliphatic heterocycles. The van der Waals surface area contributed by atoms with Crippen LogP contribution in [0.3, 0.4) is 0 Å². The fourth-order valence-electron chi connectivity index (χ4n) is 1.90. The fraction of sp³-hybridized carbons (Fsp3) is 0.900. The van der Waals surface area contributed by atoms with E-state index in [1.807, 2.05) is 4.90 Å². The number of hydrogen-bond donors (Lipinski definition) is 0. The van der Waals surface area contributed by atoms with Crippen LogP contribution in [0, 0.1) is 11.3 Å². The average molecular weight is 169 g/mol. The van der Waals surface area contributed by atoms with Crippen LogP contribution in [0.5, 0.6) is 0 Å². The Balaban J connectivity index is 2.61. The summed E-state index contributed by atoms with van der Waals surface area (Å²) in [5.41, 5.74) is 0.311. The summed E-state index contributed by atoms with van der Waals surface area (Å²) in [5, 5.41) is 0. The molecule has 0 saturated carbocycles. The van der Waals surface area contributed by atoms with Gasteiger partial charge in [-0.1, -0.05) is 20.8 Å². The molecule has 0 aromatic heterocycles. The molecule has 12 heavy (non-hydrogen) atoms. The molecule has 0 aromatic rings. The number of carbonyl (C=O) groups is 1. The molecular formula is C10H19NO. The molecule has 0 aromatic carbocycles. The van der Waals surface area contributed by atoms with E-state index < -0.39 is 0 Å². The van der Waals surface area contributed by atoms with Crippen LogP contribution in [0.2, 0.25) is 0 Å². The minimum atomic E-state index is 0.311. The first-order valence-electron chi connectivity index (χ1n) is 4.73. The lowest BCUT2D eigenvalue weighted by molar-refractivity contribution is -0.119. The first-order chi connectivity index (χ1) is 5.53.